The zero-order valence-electron chi connectivity index (χ0n) is 19.9. The Morgan fingerprint density at radius 3 is 2.44 bits per heavy atom. The van der Waals surface area contributed by atoms with Crippen LogP contribution in [0.2, 0.25) is 0 Å². The normalized spacial score (nSPS) is 14.2. The maximum absolute atomic E-state index is 12.9. The van der Waals surface area contributed by atoms with Crippen LogP contribution in [-0.2, 0) is 17.9 Å². The number of nitrogens with zero attached hydrogens (tertiary/aromatic N) is 2. The molecule has 184 valence electrons. The summed E-state index contributed by atoms with van der Waals surface area (Å²) in [6, 6.07) is 18.5. The van der Waals surface area contributed by atoms with E-state index in [1.54, 1.807) is 36.4 Å². The average Bonchev–Trinajstić information content (AvgIpc) is 3.11. The summed E-state index contributed by atoms with van der Waals surface area (Å²) in [7, 11) is 0. The summed E-state index contributed by atoms with van der Waals surface area (Å²) in [5.41, 5.74) is 3.53. The minimum absolute atomic E-state index is 0.0112. The molecule has 3 aromatic rings. The van der Waals surface area contributed by atoms with Gasteiger partial charge in [-0.2, -0.15) is 0 Å². The van der Waals surface area contributed by atoms with Gasteiger partial charge in [0.2, 0.25) is 0 Å². The van der Waals surface area contributed by atoms with Crippen molar-refractivity contribution in [2.75, 3.05) is 6.61 Å². The number of nitro groups is 1. The van der Waals surface area contributed by atoms with Crippen LogP contribution >= 0.6 is 0 Å². The van der Waals surface area contributed by atoms with Crippen molar-refractivity contribution in [2.24, 2.45) is 0 Å². The molecule has 0 saturated carbocycles. The van der Waals surface area contributed by atoms with Crippen LogP contribution in [0.25, 0.3) is 6.08 Å². The lowest BCUT2D eigenvalue weighted by molar-refractivity contribution is -0.384. The second-order valence-corrected chi connectivity index (χ2v) is 8.22. The fraction of sp³-hybridized carbons (Fsp3) is 0.185. The fourth-order valence-electron chi connectivity index (χ4n) is 3.75. The Balaban J connectivity index is 1.48. The monoisotopic (exact) mass is 487 g/mol. The maximum Gasteiger partial charge on any atom is 0.329 e. The molecule has 0 aliphatic carbocycles. The highest BCUT2D eigenvalue weighted by atomic mass is 16.6. The summed E-state index contributed by atoms with van der Waals surface area (Å²) >= 11 is 0. The number of hydrogen-bond acceptors (Lipinski definition) is 6. The van der Waals surface area contributed by atoms with Crippen molar-refractivity contribution >= 4 is 23.7 Å². The molecule has 9 heteroatoms. The summed E-state index contributed by atoms with van der Waals surface area (Å²) in [6.45, 7) is 4.57. The molecule has 1 aliphatic heterocycles. The highest BCUT2D eigenvalue weighted by Crippen LogP contribution is 2.31. The number of rotatable bonds is 9. The number of non-ortho nitro benzene ring substituents is 1. The van der Waals surface area contributed by atoms with Gasteiger partial charge in [-0.25, -0.2) is 4.79 Å². The molecule has 3 amide bonds. The van der Waals surface area contributed by atoms with E-state index < -0.39 is 16.9 Å². The molecule has 1 fully saturated rings. The van der Waals surface area contributed by atoms with E-state index in [4.69, 9.17) is 9.47 Å². The van der Waals surface area contributed by atoms with Gasteiger partial charge in [0.05, 0.1) is 18.1 Å². The Hall–Kier alpha value is -4.66. The number of nitro benzene ring substituents is 1. The van der Waals surface area contributed by atoms with Crippen molar-refractivity contribution < 1.29 is 24.0 Å². The third-order valence-electron chi connectivity index (χ3n) is 5.51. The Morgan fingerprint density at radius 2 is 1.75 bits per heavy atom. The molecule has 0 bridgehead atoms. The van der Waals surface area contributed by atoms with Crippen molar-refractivity contribution in [3.63, 3.8) is 0 Å². The lowest BCUT2D eigenvalue weighted by Gasteiger charge is -2.13. The summed E-state index contributed by atoms with van der Waals surface area (Å²) in [5, 5.41) is 13.5. The van der Waals surface area contributed by atoms with E-state index in [0.29, 0.717) is 23.7 Å². The molecular weight excluding hydrogens is 462 g/mol. The van der Waals surface area contributed by atoms with Gasteiger partial charge in [-0.05, 0) is 60.9 Å². The molecule has 0 radical (unpaired) electrons. The number of imide groups is 1. The van der Waals surface area contributed by atoms with Gasteiger partial charge in [-0.15, -0.1) is 0 Å². The van der Waals surface area contributed by atoms with Gasteiger partial charge in [-0.1, -0.05) is 35.9 Å². The number of ether oxygens (including phenoxy) is 2. The molecule has 36 heavy (non-hydrogen) atoms. The van der Waals surface area contributed by atoms with E-state index in [0.717, 1.165) is 16.7 Å². The Morgan fingerprint density at radius 1 is 0.972 bits per heavy atom. The Kier molecular flexibility index (Phi) is 7.29. The van der Waals surface area contributed by atoms with Crippen molar-refractivity contribution in [1.29, 1.82) is 0 Å². The van der Waals surface area contributed by atoms with E-state index in [1.165, 1.54) is 17.0 Å². The maximum atomic E-state index is 12.9. The number of hydrogen-bond donors (Lipinski definition) is 1. The number of carbonyl (C=O) groups is 2. The van der Waals surface area contributed by atoms with Crippen LogP contribution < -0.4 is 14.8 Å². The van der Waals surface area contributed by atoms with Gasteiger partial charge in [-0.3, -0.25) is 19.8 Å². The first-order valence-electron chi connectivity index (χ1n) is 11.4. The third kappa shape index (κ3) is 5.69. The number of benzene rings is 3. The van der Waals surface area contributed by atoms with Gasteiger partial charge >= 0.3 is 6.03 Å². The largest absolute Gasteiger partial charge is 0.490 e. The van der Waals surface area contributed by atoms with Gasteiger partial charge in [0.15, 0.2) is 11.5 Å². The second-order valence-electron chi connectivity index (χ2n) is 8.22. The summed E-state index contributed by atoms with van der Waals surface area (Å²) in [6.07, 6.45) is 1.60. The third-order valence-corrected chi connectivity index (χ3v) is 5.51. The first-order chi connectivity index (χ1) is 17.3. The Labute approximate surface area is 208 Å². The minimum atomic E-state index is -0.471. The summed E-state index contributed by atoms with van der Waals surface area (Å²) in [4.78, 5) is 36.9. The molecule has 0 spiro atoms. The smallest absolute Gasteiger partial charge is 0.329 e. The number of amides is 3. The van der Waals surface area contributed by atoms with Crippen LogP contribution in [0.4, 0.5) is 10.5 Å². The van der Waals surface area contributed by atoms with Gasteiger partial charge in [0, 0.05) is 12.1 Å². The lowest BCUT2D eigenvalue weighted by atomic mass is 10.1. The quantitative estimate of drug-likeness (QED) is 0.197. The fourth-order valence-corrected chi connectivity index (χ4v) is 3.75. The molecule has 3 aromatic carbocycles. The van der Waals surface area contributed by atoms with E-state index in [9.17, 15) is 19.7 Å². The van der Waals surface area contributed by atoms with Crippen molar-refractivity contribution in [3.8, 4) is 11.5 Å². The molecule has 0 atom stereocenters. The molecule has 1 saturated heterocycles. The minimum Gasteiger partial charge on any atom is -0.490 e. The zero-order chi connectivity index (χ0) is 25.7. The predicted molar refractivity (Wildman–Crippen MR) is 133 cm³/mol. The van der Waals surface area contributed by atoms with Crippen LogP contribution in [0.1, 0.15) is 29.2 Å². The highest BCUT2D eigenvalue weighted by Gasteiger charge is 2.33. The topological polar surface area (TPSA) is 111 Å². The molecular formula is C27H25N3O6. The van der Waals surface area contributed by atoms with Crippen molar-refractivity contribution in [2.45, 2.75) is 27.0 Å². The average molecular weight is 488 g/mol. The SMILES string of the molecule is CCOc1cc(/C=C2/NC(=O)N(Cc3cccc(C)c3)C2=O)ccc1OCc1ccc([N+](=O)[O-])cc1. The molecule has 1 aliphatic rings. The Bertz CT molecular complexity index is 1330. The van der Waals surface area contributed by atoms with Crippen LogP contribution in [0.3, 0.4) is 0 Å². The molecule has 4 rings (SSSR count). The first kappa shape index (κ1) is 24.5. The summed E-state index contributed by atoms with van der Waals surface area (Å²) < 4.78 is 11.6. The van der Waals surface area contributed by atoms with E-state index >= 15 is 0 Å². The second kappa shape index (κ2) is 10.7. The van der Waals surface area contributed by atoms with E-state index in [1.807, 2.05) is 38.1 Å². The van der Waals surface area contributed by atoms with Crippen LogP contribution in [0, 0.1) is 17.0 Å². The van der Waals surface area contributed by atoms with Crippen LogP contribution in [-0.4, -0.2) is 28.4 Å². The molecule has 0 aromatic heterocycles. The number of aryl methyl sites for hydroxylation is 1. The lowest BCUT2D eigenvalue weighted by Crippen LogP contribution is -2.30. The van der Waals surface area contributed by atoms with Gasteiger partial charge in [0.1, 0.15) is 12.3 Å². The summed E-state index contributed by atoms with van der Waals surface area (Å²) in [5.74, 6) is 0.556. The van der Waals surface area contributed by atoms with Crippen molar-refractivity contribution in [3.05, 3.63) is 105 Å². The predicted octanol–water partition coefficient (Wildman–Crippen LogP) is 4.97. The standard InChI is InChI=1S/C27H25N3O6/c1-3-35-25-15-20(9-12-24(25)36-17-19-7-10-22(11-8-19)30(33)34)14-23-26(31)29(27(32)28-23)16-21-6-4-5-18(2)13-21/h4-15H,3,16-17H2,1-2H3,(H,28,32)/b23-14+. The van der Waals surface area contributed by atoms with E-state index in [2.05, 4.69) is 5.32 Å². The van der Waals surface area contributed by atoms with Gasteiger partial charge in [0.25, 0.3) is 11.6 Å². The molecule has 9 nitrogen and oxygen atoms in total. The van der Waals surface area contributed by atoms with Crippen LogP contribution in [0.15, 0.2) is 72.4 Å². The molecule has 1 N–H and O–H groups in total. The number of carbonyl (C=O) groups excluding carboxylic acids is 2. The van der Waals surface area contributed by atoms with E-state index in [-0.39, 0.29) is 24.5 Å². The number of nitrogens with one attached hydrogen (secondary N) is 1. The molecule has 0 unspecified atom stereocenters. The first-order valence-corrected chi connectivity index (χ1v) is 11.4. The van der Waals surface area contributed by atoms with Crippen molar-refractivity contribution in [1.82, 2.24) is 10.2 Å². The van der Waals surface area contributed by atoms with Crippen LogP contribution in [0.5, 0.6) is 11.5 Å². The van der Waals surface area contributed by atoms with Gasteiger partial charge < -0.3 is 14.8 Å². The zero-order valence-corrected chi connectivity index (χ0v) is 19.9. The highest BCUT2D eigenvalue weighted by molar-refractivity contribution is 6.13. The molecule has 1 heterocycles. The number of urea groups is 1.